The zero-order valence-electron chi connectivity index (χ0n) is 13.1. The summed E-state index contributed by atoms with van der Waals surface area (Å²) in [5.74, 6) is 1.78. The Labute approximate surface area is 130 Å². The van der Waals surface area contributed by atoms with E-state index in [9.17, 15) is 0 Å². The van der Waals surface area contributed by atoms with Crippen LogP contribution in [0, 0.1) is 6.92 Å². The predicted molar refractivity (Wildman–Crippen MR) is 87.0 cm³/mol. The molecule has 0 aliphatic carbocycles. The Kier molecular flexibility index (Phi) is 4.11. The molecule has 0 bridgehead atoms. The van der Waals surface area contributed by atoms with Gasteiger partial charge in [0.05, 0.1) is 13.2 Å². The van der Waals surface area contributed by atoms with Crippen LogP contribution in [0.5, 0.6) is 5.75 Å². The number of methoxy groups -OCH3 is 1. The van der Waals surface area contributed by atoms with Crippen molar-refractivity contribution in [3.05, 3.63) is 59.6 Å². The van der Waals surface area contributed by atoms with Crippen LogP contribution in [0.1, 0.15) is 29.9 Å². The van der Waals surface area contributed by atoms with Crippen LogP contribution in [0.2, 0.25) is 0 Å². The second-order valence-corrected chi connectivity index (χ2v) is 5.48. The van der Waals surface area contributed by atoms with Crippen molar-refractivity contribution in [2.24, 2.45) is 0 Å². The fourth-order valence-corrected chi connectivity index (χ4v) is 2.48. The van der Waals surface area contributed by atoms with Crippen LogP contribution in [0.3, 0.4) is 0 Å². The predicted octanol–water partition coefficient (Wildman–Crippen LogP) is 4.00. The molecule has 0 aliphatic rings. The Bertz CT molecular complexity index is 780. The quantitative estimate of drug-likeness (QED) is 0.773. The fourth-order valence-electron chi connectivity index (χ4n) is 2.48. The van der Waals surface area contributed by atoms with E-state index in [2.05, 4.69) is 48.4 Å². The second kappa shape index (κ2) is 6.20. The number of nitrogens with one attached hydrogen (secondary N) is 1. The van der Waals surface area contributed by atoms with Crippen molar-refractivity contribution < 1.29 is 9.15 Å². The lowest BCUT2D eigenvalue weighted by Crippen LogP contribution is -2.18. The summed E-state index contributed by atoms with van der Waals surface area (Å²) in [5, 5.41) is 4.58. The number of fused-ring (bicyclic) bond motifs is 1. The third-order valence-electron chi connectivity index (χ3n) is 3.80. The molecular weight excluding hydrogens is 276 g/mol. The fraction of sp³-hybridized carbons (Fsp3) is 0.278. The highest BCUT2D eigenvalue weighted by Crippen LogP contribution is 2.25. The first-order valence-corrected chi connectivity index (χ1v) is 7.37. The van der Waals surface area contributed by atoms with Gasteiger partial charge in [-0.3, -0.25) is 4.98 Å². The first kappa shape index (κ1) is 14.6. The second-order valence-electron chi connectivity index (χ2n) is 5.48. The molecule has 1 atom stereocenters. The summed E-state index contributed by atoms with van der Waals surface area (Å²) in [6.45, 7) is 4.83. The van der Waals surface area contributed by atoms with Crippen molar-refractivity contribution in [2.75, 3.05) is 7.11 Å². The summed E-state index contributed by atoms with van der Waals surface area (Å²) >= 11 is 0. The Balaban J connectivity index is 1.74. The van der Waals surface area contributed by atoms with Gasteiger partial charge >= 0.3 is 0 Å². The lowest BCUT2D eigenvalue weighted by atomic mass is 10.1. The van der Waals surface area contributed by atoms with E-state index >= 15 is 0 Å². The molecule has 2 aromatic heterocycles. The summed E-state index contributed by atoms with van der Waals surface area (Å²) in [5.41, 5.74) is 3.17. The largest absolute Gasteiger partial charge is 0.496 e. The van der Waals surface area contributed by atoms with Gasteiger partial charge in [-0.25, -0.2) is 0 Å². The van der Waals surface area contributed by atoms with Gasteiger partial charge in [-0.2, -0.15) is 0 Å². The summed E-state index contributed by atoms with van der Waals surface area (Å²) in [6.07, 6.45) is 3.55. The van der Waals surface area contributed by atoms with Crippen LogP contribution in [0.15, 0.2) is 47.1 Å². The zero-order chi connectivity index (χ0) is 15.5. The van der Waals surface area contributed by atoms with Gasteiger partial charge in [0.2, 0.25) is 0 Å². The van der Waals surface area contributed by atoms with E-state index in [1.165, 1.54) is 5.56 Å². The first-order chi connectivity index (χ1) is 10.7. The Morgan fingerprint density at radius 1 is 1.27 bits per heavy atom. The molecule has 0 aliphatic heterocycles. The summed E-state index contributed by atoms with van der Waals surface area (Å²) in [6, 6.07) is 10.3. The molecular formula is C18H20N2O2. The molecule has 0 spiro atoms. The maximum Gasteiger partial charge on any atom is 0.134 e. The van der Waals surface area contributed by atoms with Gasteiger partial charge in [-0.1, -0.05) is 12.1 Å². The molecule has 0 radical (unpaired) electrons. The molecule has 4 nitrogen and oxygen atoms in total. The molecule has 1 unspecified atom stereocenters. The highest BCUT2D eigenvalue weighted by Gasteiger charge is 2.12. The molecule has 2 heterocycles. The first-order valence-electron chi connectivity index (χ1n) is 7.37. The Morgan fingerprint density at radius 2 is 2.14 bits per heavy atom. The molecule has 3 rings (SSSR count). The zero-order valence-corrected chi connectivity index (χ0v) is 13.1. The third kappa shape index (κ3) is 2.97. The highest BCUT2D eigenvalue weighted by molar-refractivity contribution is 5.78. The molecule has 114 valence electrons. The average Bonchev–Trinajstić information content (AvgIpc) is 2.96. The summed E-state index contributed by atoms with van der Waals surface area (Å²) in [7, 11) is 1.67. The number of benzene rings is 1. The van der Waals surface area contributed by atoms with Gasteiger partial charge in [-0.05, 0) is 37.6 Å². The summed E-state index contributed by atoms with van der Waals surface area (Å²) in [4.78, 5) is 4.14. The van der Waals surface area contributed by atoms with Gasteiger partial charge in [-0.15, -0.1) is 0 Å². The minimum atomic E-state index is 0.109. The molecule has 1 N–H and O–H groups in total. The van der Waals surface area contributed by atoms with Crippen molar-refractivity contribution >= 4 is 11.0 Å². The lowest BCUT2D eigenvalue weighted by Gasteiger charge is -2.13. The van der Waals surface area contributed by atoms with E-state index in [0.29, 0.717) is 6.54 Å². The number of aromatic nitrogens is 1. The number of hydrogen-bond donors (Lipinski definition) is 1. The van der Waals surface area contributed by atoms with Crippen molar-refractivity contribution in [1.29, 1.82) is 0 Å². The van der Waals surface area contributed by atoms with E-state index in [-0.39, 0.29) is 6.04 Å². The van der Waals surface area contributed by atoms with E-state index in [1.807, 2.05) is 12.3 Å². The van der Waals surface area contributed by atoms with Gasteiger partial charge in [0.1, 0.15) is 17.1 Å². The molecule has 0 saturated carbocycles. The van der Waals surface area contributed by atoms with Gasteiger partial charge in [0, 0.05) is 29.9 Å². The van der Waals surface area contributed by atoms with Crippen molar-refractivity contribution in [3.63, 3.8) is 0 Å². The van der Waals surface area contributed by atoms with E-state index in [4.69, 9.17) is 9.15 Å². The average molecular weight is 296 g/mol. The van der Waals surface area contributed by atoms with Crippen LogP contribution in [0.25, 0.3) is 11.0 Å². The maximum absolute atomic E-state index is 5.95. The number of nitrogens with zero attached hydrogens (tertiary/aromatic N) is 1. The monoisotopic (exact) mass is 296 g/mol. The number of ether oxygens (including phenoxy) is 1. The van der Waals surface area contributed by atoms with E-state index < -0.39 is 0 Å². The summed E-state index contributed by atoms with van der Waals surface area (Å²) < 4.78 is 11.3. The Morgan fingerprint density at radius 3 is 2.95 bits per heavy atom. The van der Waals surface area contributed by atoms with E-state index in [1.54, 1.807) is 13.3 Å². The van der Waals surface area contributed by atoms with Crippen LogP contribution < -0.4 is 10.1 Å². The van der Waals surface area contributed by atoms with Gasteiger partial charge in [0.25, 0.3) is 0 Å². The minimum Gasteiger partial charge on any atom is -0.496 e. The third-order valence-corrected chi connectivity index (χ3v) is 3.80. The van der Waals surface area contributed by atoms with Crippen LogP contribution in [-0.2, 0) is 6.54 Å². The molecule has 3 aromatic rings. The highest BCUT2D eigenvalue weighted by atomic mass is 16.5. The van der Waals surface area contributed by atoms with E-state index in [0.717, 1.165) is 28.0 Å². The van der Waals surface area contributed by atoms with Gasteiger partial charge < -0.3 is 14.5 Å². The number of furan rings is 1. The van der Waals surface area contributed by atoms with Crippen molar-refractivity contribution in [2.45, 2.75) is 26.4 Å². The molecule has 1 aromatic carbocycles. The number of aryl methyl sites for hydroxylation is 1. The molecule has 0 fully saturated rings. The standard InChI is InChI=1S/C18H20N2O2/c1-12-4-5-14-9-17(22-18(14)8-12)13(2)20-11-15-10-19-7-6-16(15)21-3/h4-10,13,20H,11H2,1-3H3. The normalized spacial score (nSPS) is 12.5. The molecule has 4 heteroatoms. The van der Waals surface area contributed by atoms with Crippen molar-refractivity contribution in [1.82, 2.24) is 10.3 Å². The maximum atomic E-state index is 5.95. The van der Waals surface area contributed by atoms with Crippen molar-refractivity contribution in [3.8, 4) is 5.75 Å². The smallest absolute Gasteiger partial charge is 0.134 e. The molecule has 0 saturated heterocycles. The SMILES string of the molecule is COc1ccncc1CNC(C)c1cc2ccc(C)cc2o1. The molecule has 0 amide bonds. The van der Waals surface area contributed by atoms with Crippen LogP contribution >= 0.6 is 0 Å². The molecule has 22 heavy (non-hydrogen) atoms. The van der Waals surface area contributed by atoms with Gasteiger partial charge in [0.15, 0.2) is 0 Å². The topological polar surface area (TPSA) is 47.3 Å². The number of hydrogen-bond acceptors (Lipinski definition) is 4. The minimum absolute atomic E-state index is 0.109. The van der Waals surface area contributed by atoms with Crippen LogP contribution in [0.4, 0.5) is 0 Å². The number of rotatable bonds is 5. The number of pyridine rings is 1. The lowest BCUT2D eigenvalue weighted by molar-refractivity contribution is 0.401. The Hall–Kier alpha value is -2.33. The van der Waals surface area contributed by atoms with Crippen LogP contribution in [-0.4, -0.2) is 12.1 Å².